The molecular formula is C30H37NO5. The zero-order chi connectivity index (χ0) is 25.8. The number of phenols is 1. The van der Waals surface area contributed by atoms with Gasteiger partial charge in [0.2, 0.25) is 11.8 Å². The quantitative estimate of drug-likeness (QED) is 0.436. The highest BCUT2D eigenvalue weighted by Gasteiger charge is 2.73. The molecule has 5 aliphatic carbocycles. The third-order valence-corrected chi connectivity index (χ3v) is 11.3. The number of nitrogens with zero attached hydrogens (tertiary/aromatic N) is 1. The molecule has 1 spiro atoms. The standard InChI is InChI=1S/C30H37NO5/c1-16(2)20-15-30-13-10-21-28(3,11-5-12-29(21,4)27(35)36)22(30)14-19(20)23-24(30)26(34)31(25(23)33)17-6-8-18(32)9-7-17/h6-9,15-16,19,21-24,32H,5,10-14H2,1-4H3,(H,35,36)/t19-,21-,22-,23+,24+,28-,29+,30+/m0/s1. The maximum Gasteiger partial charge on any atom is 0.309 e. The van der Waals surface area contributed by atoms with Gasteiger partial charge in [0, 0.05) is 5.41 Å². The highest BCUT2D eigenvalue weighted by molar-refractivity contribution is 6.23. The van der Waals surface area contributed by atoms with Crippen LogP contribution in [-0.4, -0.2) is 28.0 Å². The number of aliphatic carboxylic acids is 1. The second kappa shape index (κ2) is 7.45. The van der Waals surface area contributed by atoms with Crippen molar-refractivity contribution < 1.29 is 24.6 Å². The number of carboxylic acid groups (broad SMARTS) is 1. The van der Waals surface area contributed by atoms with Crippen molar-refractivity contribution in [3.63, 3.8) is 0 Å². The summed E-state index contributed by atoms with van der Waals surface area (Å²) in [5.74, 6) is -1.04. The molecule has 7 rings (SSSR count). The third-order valence-electron chi connectivity index (χ3n) is 11.3. The number of carbonyl (C=O) groups excluding carboxylic acids is 2. The lowest BCUT2D eigenvalue weighted by molar-refractivity contribution is -0.194. The zero-order valence-corrected chi connectivity index (χ0v) is 21.7. The van der Waals surface area contributed by atoms with Crippen LogP contribution in [0.25, 0.3) is 0 Å². The zero-order valence-electron chi connectivity index (χ0n) is 21.7. The molecule has 6 heteroatoms. The Morgan fingerprint density at radius 2 is 1.72 bits per heavy atom. The number of fused-ring (bicyclic) bond motifs is 1. The molecule has 2 N–H and O–H groups in total. The summed E-state index contributed by atoms with van der Waals surface area (Å²) in [6.07, 6.45) is 7.35. The van der Waals surface area contributed by atoms with Gasteiger partial charge in [0.25, 0.3) is 0 Å². The summed E-state index contributed by atoms with van der Waals surface area (Å²) in [6.45, 7) is 8.59. The molecule has 1 aliphatic heterocycles. The van der Waals surface area contributed by atoms with Crippen LogP contribution in [0.1, 0.15) is 66.2 Å². The van der Waals surface area contributed by atoms with E-state index in [1.807, 2.05) is 6.92 Å². The fraction of sp³-hybridized carbons (Fsp3) is 0.633. The van der Waals surface area contributed by atoms with Gasteiger partial charge in [-0.05, 0) is 92.4 Å². The summed E-state index contributed by atoms with van der Waals surface area (Å²) < 4.78 is 0. The van der Waals surface area contributed by atoms with Gasteiger partial charge in [-0.1, -0.05) is 38.8 Å². The van der Waals surface area contributed by atoms with E-state index in [9.17, 15) is 24.6 Å². The number of carboxylic acids is 1. The summed E-state index contributed by atoms with van der Waals surface area (Å²) in [4.78, 5) is 42.0. The van der Waals surface area contributed by atoms with E-state index in [4.69, 9.17) is 0 Å². The van der Waals surface area contributed by atoms with Crippen molar-refractivity contribution in [2.75, 3.05) is 4.90 Å². The van der Waals surface area contributed by atoms with Crippen LogP contribution in [0.2, 0.25) is 0 Å². The van der Waals surface area contributed by atoms with Gasteiger partial charge in [-0.25, -0.2) is 0 Å². The summed E-state index contributed by atoms with van der Waals surface area (Å²) in [5.41, 5.74) is 0.482. The molecule has 6 nitrogen and oxygen atoms in total. The lowest BCUT2D eigenvalue weighted by Crippen LogP contribution is -2.65. The van der Waals surface area contributed by atoms with Crippen LogP contribution >= 0.6 is 0 Å². The predicted octanol–water partition coefficient (Wildman–Crippen LogP) is 5.41. The minimum atomic E-state index is -0.747. The monoisotopic (exact) mass is 491 g/mol. The van der Waals surface area contributed by atoms with Crippen LogP contribution in [-0.2, 0) is 14.4 Å². The molecule has 192 valence electrons. The van der Waals surface area contributed by atoms with Crippen LogP contribution in [0.15, 0.2) is 35.9 Å². The minimum absolute atomic E-state index is 0.00836. The van der Waals surface area contributed by atoms with Gasteiger partial charge >= 0.3 is 5.97 Å². The first kappa shape index (κ1) is 23.7. The van der Waals surface area contributed by atoms with Crippen LogP contribution < -0.4 is 4.90 Å². The fourth-order valence-electron chi connectivity index (χ4n) is 9.81. The molecule has 1 saturated heterocycles. The summed E-state index contributed by atoms with van der Waals surface area (Å²) in [7, 11) is 0. The molecule has 2 amide bonds. The Morgan fingerprint density at radius 3 is 2.36 bits per heavy atom. The van der Waals surface area contributed by atoms with E-state index < -0.39 is 22.7 Å². The molecule has 0 radical (unpaired) electrons. The van der Waals surface area contributed by atoms with Crippen molar-refractivity contribution >= 4 is 23.5 Å². The molecule has 1 aromatic rings. The van der Waals surface area contributed by atoms with Crippen LogP contribution in [0.4, 0.5) is 5.69 Å². The Morgan fingerprint density at radius 1 is 1.03 bits per heavy atom. The first-order valence-electron chi connectivity index (χ1n) is 13.6. The van der Waals surface area contributed by atoms with Gasteiger partial charge in [0.15, 0.2) is 0 Å². The smallest absolute Gasteiger partial charge is 0.309 e. The number of rotatable bonds is 3. The van der Waals surface area contributed by atoms with E-state index in [0.717, 1.165) is 32.1 Å². The number of carbonyl (C=O) groups is 3. The average molecular weight is 492 g/mol. The number of hydrogen-bond acceptors (Lipinski definition) is 4. The molecule has 0 unspecified atom stereocenters. The molecule has 36 heavy (non-hydrogen) atoms. The van der Waals surface area contributed by atoms with Gasteiger partial charge in [-0.15, -0.1) is 0 Å². The normalized spacial score (nSPS) is 43.2. The van der Waals surface area contributed by atoms with Crippen molar-refractivity contribution in [3.8, 4) is 5.75 Å². The Bertz CT molecular complexity index is 1190. The van der Waals surface area contributed by atoms with Crippen molar-refractivity contribution in [1.82, 2.24) is 0 Å². The number of allylic oxidation sites excluding steroid dienone is 2. The number of phenolic OH excluding ortho intramolecular Hbond substituents is 1. The van der Waals surface area contributed by atoms with Gasteiger partial charge in [0.1, 0.15) is 5.75 Å². The van der Waals surface area contributed by atoms with Gasteiger partial charge in [-0.2, -0.15) is 0 Å². The molecular weight excluding hydrogens is 454 g/mol. The molecule has 6 aliphatic rings. The number of hydrogen-bond donors (Lipinski definition) is 2. The second-order valence-electron chi connectivity index (χ2n) is 13.0. The Balaban J connectivity index is 1.49. The van der Waals surface area contributed by atoms with E-state index in [1.54, 1.807) is 12.1 Å². The van der Waals surface area contributed by atoms with E-state index in [1.165, 1.54) is 22.6 Å². The lowest BCUT2D eigenvalue weighted by atomic mass is 9.34. The lowest BCUT2D eigenvalue weighted by Gasteiger charge is -2.68. The maximum absolute atomic E-state index is 14.2. The Hall–Kier alpha value is -2.63. The van der Waals surface area contributed by atoms with E-state index in [0.29, 0.717) is 18.0 Å². The molecule has 3 saturated carbocycles. The molecule has 2 bridgehead atoms. The molecule has 1 aromatic carbocycles. The third kappa shape index (κ3) is 2.76. The summed E-state index contributed by atoms with van der Waals surface area (Å²) in [5, 5.41) is 20.0. The van der Waals surface area contributed by atoms with Crippen molar-refractivity contribution in [1.29, 1.82) is 0 Å². The van der Waals surface area contributed by atoms with Gasteiger partial charge < -0.3 is 10.2 Å². The minimum Gasteiger partial charge on any atom is -0.508 e. The molecule has 4 fully saturated rings. The highest BCUT2D eigenvalue weighted by Crippen LogP contribution is 2.74. The van der Waals surface area contributed by atoms with Gasteiger partial charge in [0.05, 0.1) is 22.9 Å². The average Bonchev–Trinajstić information content (AvgIpc) is 3.11. The summed E-state index contributed by atoms with van der Waals surface area (Å²) in [6, 6.07) is 6.33. The first-order chi connectivity index (χ1) is 17.0. The highest BCUT2D eigenvalue weighted by atomic mass is 16.4. The van der Waals surface area contributed by atoms with Gasteiger partial charge in [-0.3, -0.25) is 19.3 Å². The first-order valence-corrected chi connectivity index (χ1v) is 13.6. The van der Waals surface area contributed by atoms with Crippen LogP contribution in [0.5, 0.6) is 5.75 Å². The van der Waals surface area contributed by atoms with E-state index in [-0.39, 0.29) is 46.7 Å². The van der Waals surface area contributed by atoms with Crippen molar-refractivity contribution in [3.05, 3.63) is 35.9 Å². The molecule has 1 heterocycles. The van der Waals surface area contributed by atoms with E-state index >= 15 is 0 Å². The van der Waals surface area contributed by atoms with Crippen molar-refractivity contribution in [2.24, 2.45) is 51.8 Å². The number of amides is 2. The Kier molecular flexibility index (Phi) is 4.92. The number of benzene rings is 1. The number of anilines is 1. The Labute approximate surface area is 212 Å². The molecule has 8 atom stereocenters. The fourth-order valence-corrected chi connectivity index (χ4v) is 9.81. The SMILES string of the molecule is CC(C)C1=C[C@]23CC[C@H]4[C@](C)(CCC[C@@]4(C)C(=O)O)[C@@H]2C[C@@H]1[C@H]1C(=O)N(c2ccc(O)cc2)C(=O)[C@@H]13. The number of imide groups is 1. The molecule has 0 aromatic heterocycles. The number of aromatic hydroxyl groups is 1. The predicted molar refractivity (Wildman–Crippen MR) is 135 cm³/mol. The maximum atomic E-state index is 14.2. The largest absolute Gasteiger partial charge is 0.508 e. The van der Waals surface area contributed by atoms with Crippen LogP contribution in [0.3, 0.4) is 0 Å². The van der Waals surface area contributed by atoms with Crippen LogP contribution in [0, 0.1) is 51.8 Å². The van der Waals surface area contributed by atoms with E-state index in [2.05, 4.69) is 26.8 Å². The van der Waals surface area contributed by atoms with Crippen molar-refractivity contribution in [2.45, 2.75) is 66.2 Å². The summed E-state index contributed by atoms with van der Waals surface area (Å²) >= 11 is 0. The topological polar surface area (TPSA) is 94.9 Å². The second-order valence-corrected chi connectivity index (χ2v) is 13.0.